The lowest BCUT2D eigenvalue weighted by Crippen LogP contribution is -2.21. The van der Waals surface area contributed by atoms with Crippen LogP contribution in [0.2, 0.25) is 0 Å². The fourth-order valence-corrected chi connectivity index (χ4v) is 4.60. The number of anilines is 2. The van der Waals surface area contributed by atoms with Crippen LogP contribution in [0.15, 0.2) is 72.8 Å². The van der Waals surface area contributed by atoms with E-state index in [9.17, 15) is 14.7 Å². The number of fused-ring (bicyclic) bond motifs is 1. The summed E-state index contributed by atoms with van der Waals surface area (Å²) in [5.74, 6) is -0.693. The Morgan fingerprint density at radius 2 is 1.86 bits per heavy atom. The van der Waals surface area contributed by atoms with Crippen molar-refractivity contribution in [1.82, 2.24) is 4.90 Å². The van der Waals surface area contributed by atoms with Gasteiger partial charge in [-0.2, -0.15) is 0 Å². The lowest BCUT2D eigenvalue weighted by Gasteiger charge is -2.17. The molecule has 1 saturated heterocycles. The summed E-state index contributed by atoms with van der Waals surface area (Å²) < 4.78 is 4.81. The number of nitrogens with one attached hydrogen (secondary N) is 2. The minimum absolute atomic E-state index is 0.236. The number of methoxy groups -OCH3 is 1. The Hall–Kier alpha value is -3.94. The summed E-state index contributed by atoms with van der Waals surface area (Å²) in [5.41, 5.74) is 5.76. The standard InChI is InChI=1S/C28H27N3O4/c1-35-28(34)20-9-12-23-24(15-20)30-27(33)25(23)26(19-5-3-2-4-6-19)29-21-10-7-18(8-11-21)16-31-14-13-22(32)17-31/h2-12,15,22,29,32H,13-14,16-17H2,1H3,(H,30,33). The zero-order chi connectivity index (χ0) is 24.4. The van der Waals surface area contributed by atoms with Crippen molar-refractivity contribution in [1.29, 1.82) is 0 Å². The SMILES string of the molecule is COC(=O)c1ccc2c(c1)NC(=O)C2=C(Nc1ccc(CN2CCC(O)C2)cc1)c1ccccc1. The van der Waals surface area contributed by atoms with Crippen molar-refractivity contribution >= 4 is 34.5 Å². The molecule has 0 radical (unpaired) electrons. The molecule has 3 aromatic rings. The van der Waals surface area contributed by atoms with E-state index in [0.29, 0.717) is 29.1 Å². The van der Waals surface area contributed by atoms with Gasteiger partial charge in [-0.3, -0.25) is 9.69 Å². The van der Waals surface area contributed by atoms with Gasteiger partial charge in [0.15, 0.2) is 0 Å². The number of aliphatic hydroxyl groups is 1. The average molecular weight is 470 g/mol. The van der Waals surface area contributed by atoms with E-state index >= 15 is 0 Å². The number of ether oxygens (including phenoxy) is 1. The molecule has 1 unspecified atom stereocenters. The minimum Gasteiger partial charge on any atom is -0.465 e. The van der Waals surface area contributed by atoms with Gasteiger partial charge in [0.25, 0.3) is 5.91 Å². The number of β-amino-alcohol motifs (C(OH)–C–C–N with tert-alkyl or cyclic N) is 1. The summed E-state index contributed by atoms with van der Waals surface area (Å²) in [6, 6.07) is 22.9. The van der Waals surface area contributed by atoms with Gasteiger partial charge >= 0.3 is 5.97 Å². The van der Waals surface area contributed by atoms with Crippen molar-refractivity contribution in [2.45, 2.75) is 19.1 Å². The Morgan fingerprint density at radius 1 is 1.09 bits per heavy atom. The molecule has 3 N–H and O–H groups in total. The number of likely N-dealkylation sites (tertiary alicyclic amines) is 1. The number of esters is 1. The monoisotopic (exact) mass is 469 g/mol. The number of hydrogen-bond donors (Lipinski definition) is 3. The van der Waals surface area contributed by atoms with Gasteiger partial charge in [0.1, 0.15) is 0 Å². The quantitative estimate of drug-likeness (QED) is 0.374. The lowest BCUT2D eigenvalue weighted by molar-refractivity contribution is -0.110. The highest BCUT2D eigenvalue weighted by Gasteiger charge is 2.29. The van der Waals surface area contributed by atoms with Gasteiger partial charge in [-0.1, -0.05) is 48.5 Å². The highest BCUT2D eigenvalue weighted by Crippen LogP contribution is 2.38. The molecule has 0 bridgehead atoms. The number of nitrogens with zero attached hydrogens (tertiary/aromatic N) is 1. The van der Waals surface area contributed by atoms with Crippen molar-refractivity contribution in [3.05, 3.63) is 95.1 Å². The molecule has 1 amide bonds. The van der Waals surface area contributed by atoms with Gasteiger partial charge in [0.2, 0.25) is 0 Å². The summed E-state index contributed by atoms with van der Waals surface area (Å²) in [7, 11) is 1.33. The van der Waals surface area contributed by atoms with Crippen LogP contribution in [0.25, 0.3) is 11.3 Å². The van der Waals surface area contributed by atoms with Gasteiger partial charge in [-0.25, -0.2) is 4.79 Å². The molecule has 0 saturated carbocycles. The summed E-state index contributed by atoms with van der Waals surface area (Å²) in [6.45, 7) is 2.40. The fourth-order valence-electron chi connectivity index (χ4n) is 4.60. The van der Waals surface area contributed by atoms with Gasteiger partial charge in [0.05, 0.1) is 35.7 Å². The van der Waals surface area contributed by atoms with Gasteiger partial charge in [-0.15, -0.1) is 0 Å². The number of aliphatic hydroxyl groups excluding tert-OH is 1. The van der Waals surface area contributed by atoms with Crippen LogP contribution in [0, 0.1) is 0 Å². The van der Waals surface area contributed by atoms with Crippen LogP contribution in [0.3, 0.4) is 0 Å². The Labute approximate surface area is 204 Å². The van der Waals surface area contributed by atoms with E-state index in [0.717, 1.165) is 41.9 Å². The van der Waals surface area contributed by atoms with Gasteiger partial charge in [0, 0.05) is 30.9 Å². The van der Waals surface area contributed by atoms with E-state index in [1.807, 2.05) is 42.5 Å². The highest BCUT2D eigenvalue weighted by atomic mass is 16.5. The fraction of sp³-hybridized carbons (Fsp3) is 0.214. The largest absolute Gasteiger partial charge is 0.465 e. The molecule has 1 fully saturated rings. The maximum atomic E-state index is 13.1. The maximum Gasteiger partial charge on any atom is 0.337 e. The molecule has 3 aromatic carbocycles. The predicted octanol–water partition coefficient (Wildman–Crippen LogP) is 3.97. The first-order valence-corrected chi connectivity index (χ1v) is 11.6. The summed E-state index contributed by atoms with van der Waals surface area (Å²) >= 11 is 0. The van der Waals surface area contributed by atoms with Crippen molar-refractivity contribution < 1.29 is 19.4 Å². The zero-order valence-electron chi connectivity index (χ0n) is 19.5. The molecular formula is C28H27N3O4. The lowest BCUT2D eigenvalue weighted by atomic mass is 9.99. The Morgan fingerprint density at radius 3 is 2.54 bits per heavy atom. The predicted molar refractivity (Wildman–Crippen MR) is 136 cm³/mol. The van der Waals surface area contributed by atoms with Crippen LogP contribution < -0.4 is 10.6 Å². The number of carbonyl (C=O) groups excluding carboxylic acids is 2. The summed E-state index contributed by atoms with van der Waals surface area (Å²) in [5, 5.41) is 16.1. The van der Waals surface area contributed by atoms with Crippen LogP contribution >= 0.6 is 0 Å². The molecule has 2 aliphatic rings. The first kappa shape index (κ1) is 22.8. The molecule has 0 spiro atoms. The molecular weight excluding hydrogens is 442 g/mol. The Bertz CT molecular complexity index is 1290. The van der Waals surface area contributed by atoms with E-state index in [1.165, 1.54) is 7.11 Å². The van der Waals surface area contributed by atoms with Crippen molar-refractivity contribution in [3.63, 3.8) is 0 Å². The molecule has 2 heterocycles. The second-order valence-electron chi connectivity index (χ2n) is 8.82. The van der Waals surface area contributed by atoms with Crippen molar-refractivity contribution in [2.24, 2.45) is 0 Å². The number of benzene rings is 3. The number of hydrogen-bond acceptors (Lipinski definition) is 6. The third-order valence-electron chi connectivity index (χ3n) is 6.37. The zero-order valence-corrected chi connectivity index (χ0v) is 19.5. The highest BCUT2D eigenvalue weighted by molar-refractivity contribution is 6.37. The van der Waals surface area contributed by atoms with Crippen LogP contribution in [0.1, 0.15) is 33.5 Å². The third-order valence-corrected chi connectivity index (χ3v) is 6.37. The molecule has 1 atom stereocenters. The molecule has 0 aliphatic carbocycles. The normalized spacial score (nSPS) is 18.7. The van der Waals surface area contributed by atoms with Crippen LogP contribution in [-0.4, -0.2) is 48.2 Å². The maximum absolute atomic E-state index is 13.1. The molecule has 5 rings (SSSR count). The Kier molecular flexibility index (Phi) is 6.35. The van der Waals surface area contributed by atoms with E-state index in [1.54, 1.807) is 18.2 Å². The second-order valence-corrected chi connectivity index (χ2v) is 8.82. The molecule has 7 nitrogen and oxygen atoms in total. The number of amides is 1. The van der Waals surface area contributed by atoms with E-state index < -0.39 is 5.97 Å². The first-order valence-electron chi connectivity index (χ1n) is 11.6. The third kappa shape index (κ3) is 4.82. The molecule has 7 heteroatoms. The van der Waals surface area contributed by atoms with Crippen LogP contribution in [-0.2, 0) is 16.1 Å². The smallest absolute Gasteiger partial charge is 0.337 e. The van der Waals surface area contributed by atoms with E-state index in [-0.39, 0.29) is 12.0 Å². The number of rotatable bonds is 6. The minimum atomic E-state index is -0.454. The molecule has 0 aromatic heterocycles. The average Bonchev–Trinajstić information content (AvgIpc) is 3.44. The van der Waals surface area contributed by atoms with E-state index in [2.05, 4.69) is 27.7 Å². The van der Waals surface area contributed by atoms with E-state index in [4.69, 9.17) is 4.74 Å². The van der Waals surface area contributed by atoms with Crippen LogP contribution in [0.4, 0.5) is 11.4 Å². The summed E-state index contributed by atoms with van der Waals surface area (Å²) in [4.78, 5) is 27.3. The first-order chi connectivity index (χ1) is 17.0. The van der Waals surface area contributed by atoms with Crippen molar-refractivity contribution in [2.75, 3.05) is 30.8 Å². The molecule has 178 valence electrons. The van der Waals surface area contributed by atoms with Crippen molar-refractivity contribution in [3.8, 4) is 0 Å². The number of carbonyl (C=O) groups is 2. The van der Waals surface area contributed by atoms with Gasteiger partial charge in [-0.05, 0) is 41.8 Å². The summed E-state index contributed by atoms with van der Waals surface area (Å²) in [6.07, 6.45) is 0.582. The topological polar surface area (TPSA) is 90.9 Å². The van der Waals surface area contributed by atoms with Gasteiger partial charge < -0.3 is 20.5 Å². The molecule has 35 heavy (non-hydrogen) atoms. The molecule has 2 aliphatic heterocycles. The second kappa shape index (κ2) is 9.74. The Balaban J connectivity index is 1.48. The van der Waals surface area contributed by atoms with Crippen LogP contribution in [0.5, 0.6) is 0 Å².